The van der Waals surface area contributed by atoms with Crippen molar-refractivity contribution in [3.63, 3.8) is 0 Å². The lowest BCUT2D eigenvalue weighted by Crippen LogP contribution is -2.44. The van der Waals surface area contributed by atoms with Gasteiger partial charge in [0.1, 0.15) is 6.61 Å². The number of nitrogens with one attached hydrogen (secondary N) is 2. The quantitative estimate of drug-likeness (QED) is 0.273. The van der Waals surface area contributed by atoms with Crippen molar-refractivity contribution in [2.45, 2.75) is 83.1 Å². The fourth-order valence-corrected chi connectivity index (χ4v) is 4.50. The zero-order chi connectivity index (χ0) is 23.7. The van der Waals surface area contributed by atoms with Crippen LogP contribution in [0.5, 0.6) is 0 Å². The number of aliphatic hydroxyl groups excluding tert-OH is 1. The first-order valence-corrected chi connectivity index (χ1v) is 12.6. The Bertz CT molecular complexity index is 618. The SMILES string of the molecule is O=C(C[C@H]1CC=CCCCCC(=O)OC[C@H](CC2CCCCC2)NC1=O)NCCOCCO. The predicted octanol–water partition coefficient (Wildman–Crippen LogP) is 2.64. The molecule has 0 spiro atoms. The molecular formula is C25H42N2O6. The number of cyclic esters (lactones) is 1. The van der Waals surface area contributed by atoms with Gasteiger partial charge in [0.25, 0.3) is 0 Å². The maximum absolute atomic E-state index is 13.2. The maximum atomic E-state index is 13.2. The molecule has 0 saturated heterocycles. The van der Waals surface area contributed by atoms with Gasteiger partial charge in [0.2, 0.25) is 11.8 Å². The van der Waals surface area contributed by atoms with Gasteiger partial charge in [-0.3, -0.25) is 14.4 Å². The highest BCUT2D eigenvalue weighted by Crippen LogP contribution is 2.27. The Morgan fingerprint density at radius 1 is 1.12 bits per heavy atom. The van der Waals surface area contributed by atoms with Crippen molar-refractivity contribution in [1.82, 2.24) is 10.6 Å². The fraction of sp³-hybridized carbons (Fsp3) is 0.800. The van der Waals surface area contributed by atoms with Crippen molar-refractivity contribution in [2.24, 2.45) is 11.8 Å². The number of aliphatic hydroxyl groups is 1. The highest BCUT2D eigenvalue weighted by molar-refractivity contribution is 5.86. The summed E-state index contributed by atoms with van der Waals surface area (Å²) in [5, 5.41) is 14.6. The minimum Gasteiger partial charge on any atom is -0.463 e. The minimum atomic E-state index is -0.480. The molecule has 1 fully saturated rings. The van der Waals surface area contributed by atoms with E-state index in [-0.39, 0.29) is 50.1 Å². The molecule has 1 heterocycles. The van der Waals surface area contributed by atoms with Crippen LogP contribution in [0.1, 0.15) is 77.0 Å². The van der Waals surface area contributed by atoms with E-state index in [1.165, 1.54) is 19.3 Å². The second kappa shape index (κ2) is 16.6. The van der Waals surface area contributed by atoms with Gasteiger partial charge in [0.15, 0.2) is 0 Å². The van der Waals surface area contributed by atoms with E-state index in [1.54, 1.807) is 0 Å². The summed E-state index contributed by atoms with van der Waals surface area (Å²) in [4.78, 5) is 37.7. The molecule has 0 bridgehead atoms. The third-order valence-electron chi connectivity index (χ3n) is 6.33. The summed E-state index contributed by atoms with van der Waals surface area (Å²) in [6.45, 7) is 1.03. The van der Waals surface area contributed by atoms with Crippen molar-refractivity contribution < 1.29 is 29.0 Å². The number of hydrogen-bond acceptors (Lipinski definition) is 6. The molecule has 0 aromatic heterocycles. The van der Waals surface area contributed by atoms with Crippen LogP contribution in [0.15, 0.2) is 12.2 Å². The number of hydrogen-bond donors (Lipinski definition) is 3. The summed E-state index contributed by atoms with van der Waals surface area (Å²) in [6.07, 6.45) is 14.3. The highest BCUT2D eigenvalue weighted by Gasteiger charge is 2.26. The van der Waals surface area contributed by atoms with Crippen LogP contribution in [-0.2, 0) is 23.9 Å². The third kappa shape index (κ3) is 12.2. The molecule has 0 aromatic carbocycles. The first-order chi connectivity index (χ1) is 16.1. The summed E-state index contributed by atoms with van der Waals surface area (Å²) in [5.74, 6) is -0.527. The lowest BCUT2D eigenvalue weighted by atomic mass is 9.84. The molecule has 2 rings (SSSR count). The molecule has 1 saturated carbocycles. The Morgan fingerprint density at radius 3 is 2.73 bits per heavy atom. The van der Waals surface area contributed by atoms with E-state index in [2.05, 4.69) is 10.6 Å². The zero-order valence-electron chi connectivity index (χ0n) is 19.9. The van der Waals surface area contributed by atoms with Crippen LogP contribution in [0.4, 0.5) is 0 Å². The second-order valence-electron chi connectivity index (χ2n) is 9.17. The standard InChI is InChI=1S/C25H42N2O6/c28-14-16-32-15-13-26-23(29)18-21-11-7-2-1-3-8-12-24(30)33-19-22(27-25(21)31)17-20-9-5-4-6-10-20/h2,7,20-22,28H,1,3-6,8-19H2,(H,26,29)(H,27,31)/t21-,22+/m1/s1. The molecule has 0 radical (unpaired) electrons. The molecular weight excluding hydrogens is 424 g/mol. The summed E-state index contributed by atoms with van der Waals surface area (Å²) in [5.41, 5.74) is 0. The van der Waals surface area contributed by atoms with Crippen molar-refractivity contribution in [2.75, 3.05) is 33.0 Å². The molecule has 0 aromatic rings. The van der Waals surface area contributed by atoms with Gasteiger partial charge in [-0.2, -0.15) is 0 Å². The van der Waals surface area contributed by atoms with Gasteiger partial charge in [0, 0.05) is 19.4 Å². The number of carbonyl (C=O) groups is 3. The van der Waals surface area contributed by atoms with Crippen LogP contribution in [0, 0.1) is 11.8 Å². The fourth-order valence-electron chi connectivity index (χ4n) is 4.50. The molecule has 1 aliphatic heterocycles. The maximum Gasteiger partial charge on any atom is 0.305 e. The Hall–Kier alpha value is -1.93. The van der Waals surface area contributed by atoms with Gasteiger partial charge in [-0.15, -0.1) is 0 Å². The summed E-state index contributed by atoms with van der Waals surface area (Å²) < 4.78 is 10.7. The Kier molecular flexibility index (Phi) is 13.8. The van der Waals surface area contributed by atoms with E-state index in [0.717, 1.165) is 38.5 Å². The van der Waals surface area contributed by atoms with Crippen LogP contribution in [0.3, 0.4) is 0 Å². The Balaban J connectivity index is 1.98. The van der Waals surface area contributed by atoms with Crippen LogP contribution in [0.25, 0.3) is 0 Å². The normalized spacial score (nSPS) is 23.9. The summed E-state index contributed by atoms with van der Waals surface area (Å²) in [7, 11) is 0. The molecule has 2 aliphatic rings. The van der Waals surface area contributed by atoms with Crippen LogP contribution in [-0.4, -0.2) is 61.9 Å². The largest absolute Gasteiger partial charge is 0.463 e. The Morgan fingerprint density at radius 2 is 1.94 bits per heavy atom. The summed E-state index contributed by atoms with van der Waals surface area (Å²) >= 11 is 0. The molecule has 188 valence electrons. The highest BCUT2D eigenvalue weighted by atomic mass is 16.5. The van der Waals surface area contributed by atoms with Gasteiger partial charge in [-0.05, 0) is 38.0 Å². The second-order valence-corrected chi connectivity index (χ2v) is 9.17. The van der Waals surface area contributed by atoms with E-state index in [0.29, 0.717) is 31.9 Å². The zero-order valence-corrected chi connectivity index (χ0v) is 19.9. The topological polar surface area (TPSA) is 114 Å². The first-order valence-electron chi connectivity index (χ1n) is 12.6. The van der Waals surface area contributed by atoms with Crippen molar-refractivity contribution in [1.29, 1.82) is 0 Å². The van der Waals surface area contributed by atoms with Gasteiger partial charge < -0.3 is 25.2 Å². The van der Waals surface area contributed by atoms with Gasteiger partial charge in [-0.1, -0.05) is 44.3 Å². The van der Waals surface area contributed by atoms with Crippen LogP contribution >= 0.6 is 0 Å². The van der Waals surface area contributed by atoms with Crippen molar-refractivity contribution in [3.05, 3.63) is 12.2 Å². The van der Waals surface area contributed by atoms with E-state index >= 15 is 0 Å². The molecule has 2 amide bonds. The first kappa shape index (κ1) is 27.3. The van der Waals surface area contributed by atoms with Crippen LogP contribution in [0.2, 0.25) is 0 Å². The lowest BCUT2D eigenvalue weighted by molar-refractivity contribution is -0.145. The van der Waals surface area contributed by atoms with Gasteiger partial charge in [-0.25, -0.2) is 0 Å². The predicted molar refractivity (Wildman–Crippen MR) is 125 cm³/mol. The average molecular weight is 467 g/mol. The number of rotatable bonds is 9. The lowest BCUT2D eigenvalue weighted by Gasteiger charge is -2.28. The molecule has 1 aliphatic carbocycles. The number of ether oxygens (including phenoxy) is 2. The van der Waals surface area contributed by atoms with E-state index in [4.69, 9.17) is 14.6 Å². The number of esters is 1. The van der Waals surface area contributed by atoms with Gasteiger partial charge in [0.05, 0.1) is 31.8 Å². The smallest absolute Gasteiger partial charge is 0.305 e. The molecule has 0 unspecified atom stereocenters. The summed E-state index contributed by atoms with van der Waals surface area (Å²) in [6, 6.07) is -0.228. The number of carbonyl (C=O) groups excluding carboxylic acids is 3. The average Bonchev–Trinajstić information content (AvgIpc) is 2.81. The molecule has 8 heteroatoms. The van der Waals surface area contributed by atoms with Crippen molar-refractivity contribution >= 4 is 17.8 Å². The van der Waals surface area contributed by atoms with Gasteiger partial charge >= 0.3 is 5.97 Å². The molecule has 33 heavy (non-hydrogen) atoms. The van der Waals surface area contributed by atoms with Crippen LogP contribution < -0.4 is 10.6 Å². The monoisotopic (exact) mass is 466 g/mol. The molecule has 2 atom stereocenters. The van der Waals surface area contributed by atoms with Crippen molar-refractivity contribution in [3.8, 4) is 0 Å². The molecule has 8 nitrogen and oxygen atoms in total. The van der Waals surface area contributed by atoms with E-state index in [1.807, 2.05) is 12.2 Å². The van der Waals surface area contributed by atoms with E-state index in [9.17, 15) is 14.4 Å². The minimum absolute atomic E-state index is 0.0557. The van der Waals surface area contributed by atoms with E-state index < -0.39 is 5.92 Å². The number of allylic oxidation sites excluding steroid dienone is 2. The number of amides is 2. The third-order valence-corrected chi connectivity index (χ3v) is 6.33. The Labute approximate surface area is 197 Å². The molecule has 3 N–H and O–H groups in total.